The zero-order chi connectivity index (χ0) is 23.1. The summed E-state index contributed by atoms with van der Waals surface area (Å²) in [6.45, 7) is 1.94. The van der Waals surface area contributed by atoms with Crippen LogP contribution in [0.1, 0.15) is 22.8 Å². The Morgan fingerprint density at radius 3 is 2.41 bits per heavy atom. The number of esters is 1. The van der Waals surface area contributed by atoms with Gasteiger partial charge in [-0.3, -0.25) is 4.79 Å². The predicted octanol–water partition coefficient (Wildman–Crippen LogP) is 5.20. The van der Waals surface area contributed by atoms with Crippen molar-refractivity contribution < 1.29 is 14.3 Å². The van der Waals surface area contributed by atoms with Crippen molar-refractivity contribution in [2.75, 3.05) is 30.9 Å². The summed E-state index contributed by atoms with van der Waals surface area (Å²) in [7, 11) is 3.87. The predicted molar refractivity (Wildman–Crippen MR) is 129 cm³/mol. The molecule has 32 heavy (non-hydrogen) atoms. The van der Waals surface area contributed by atoms with E-state index in [4.69, 9.17) is 4.74 Å². The fourth-order valence-electron chi connectivity index (χ4n) is 3.04. The van der Waals surface area contributed by atoms with Gasteiger partial charge in [0.2, 0.25) is 0 Å². The van der Waals surface area contributed by atoms with Crippen molar-refractivity contribution in [1.82, 2.24) is 0 Å². The molecule has 0 aliphatic carbocycles. The molecule has 1 aromatic heterocycles. The third kappa shape index (κ3) is 5.23. The zero-order valence-corrected chi connectivity index (χ0v) is 18.9. The van der Waals surface area contributed by atoms with Crippen LogP contribution in [0.5, 0.6) is 0 Å². The Kier molecular flexibility index (Phi) is 7.42. The Morgan fingerprint density at radius 2 is 1.81 bits per heavy atom. The summed E-state index contributed by atoms with van der Waals surface area (Å²) in [5.41, 5.74) is 3.46. The maximum absolute atomic E-state index is 12.8. The summed E-state index contributed by atoms with van der Waals surface area (Å²) in [4.78, 5) is 27.5. The van der Waals surface area contributed by atoms with Gasteiger partial charge in [-0.2, -0.15) is 5.26 Å². The van der Waals surface area contributed by atoms with E-state index >= 15 is 0 Å². The van der Waals surface area contributed by atoms with Crippen molar-refractivity contribution in [1.29, 1.82) is 5.26 Å². The molecule has 0 atom stereocenters. The molecule has 6 nitrogen and oxygen atoms in total. The molecule has 7 heteroatoms. The second-order valence-corrected chi connectivity index (χ2v) is 7.93. The summed E-state index contributed by atoms with van der Waals surface area (Å²) in [5, 5.41) is 14.4. The first kappa shape index (κ1) is 22.8. The van der Waals surface area contributed by atoms with E-state index < -0.39 is 11.9 Å². The number of carbonyl (C=O) groups is 2. The third-order valence-electron chi connectivity index (χ3n) is 4.67. The number of nitrogens with zero attached hydrogens (tertiary/aromatic N) is 2. The van der Waals surface area contributed by atoms with Crippen LogP contribution in [0.3, 0.4) is 0 Å². The quantitative estimate of drug-likeness (QED) is 0.307. The van der Waals surface area contributed by atoms with Crippen LogP contribution in [-0.2, 0) is 9.53 Å². The molecule has 162 valence electrons. The van der Waals surface area contributed by atoms with Gasteiger partial charge in [0.1, 0.15) is 22.2 Å². The van der Waals surface area contributed by atoms with Crippen LogP contribution in [0.4, 0.5) is 10.7 Å². The van der Waals surface area contributed by atoms with Gasteiger partial charge in [0.15, 0.2) is 0 Å². The lowest BCUT2D eigenvalue weighted by molar-refractivity contribution is -0.112. The lowest BCUT2D eigenvalue weighted by atomic mass is 10.0. The summed E-state index contributed by atoms with van der Waals surface area (Å²) in [6.07, 6.45) is 1.52. The van der Waals surface area contributed by atoms with Crippen molar-refractivity contribution in [3.8, 4) is 17.2 Å². The molecule has 0 fully saturated rings. The van der Waals surface area contributed by atoms with E-state index in [1.54, 1.807) is 12.3 Å². The number of nitrogens with one attached hydrogen (secondary N) is 1. The standard InChI is InChI=1S/C25H23N3O3S/c1-4-31-25(30)22-21(18-8-6-5-7-9-18)16-32-24(22)27-23(29)19(15-26)14-17-10-12-20(13-11-17)28(2)3/h5-14,16H,4H2,1-3H3,(H,27,29). The van der Waals surface area contributed by atoms with Gasteiger partial charge in [-0.15, -0.1) is 11.3 Å². The van der Waals surface area contributed by atoms with Crippen molar-refractivity contribution >= 4 is 40.0 Å². The third-order valence-corrected chi connectivity index (χ3v) is 5.56. The Balaban J connectivity index is 1.91. The van der Waals surface area contributed by atoms with E-state index in [1.807, 2.05) is 79.7 Å². The number of hydrogen-bond donors (Lipinski definition) is 1. The molecule has 3 rings (SSSR count). The van der Waals surface area contributed by atoms with E-state index in [2.05, 4.69) is 5.32 Å². The van der Waals surface area contributed by atoms with Gasteiger partial charge in [0.05, 0.1) is 6.61 Å². The van der Waals surface area contributed by atoms with Gasteiger partial charge in [0.25, 0.3) is 5.91 Å². The maximum Gasteiger partial charge on any atom is 0.341 e. The Labute approximate surface area is 191 Å². The first-order valence-corrected chi connectivity index (χ1v) is 10.9. The van der Waals surface area contributed by atoms with E-state index in [1.165, 1.54) is 17.4 Å². The largest absolute Gasteiger partial charge is 0.462 e. The molecule has 0 unspecified atom stereocenters. The van der Waals surface area contributed by atoms with Gasteiger partial charge < -0.3 is 15.0 Å². The molecule has 1 amide bonds. The average Bonchev–Trinajstić information content (AvgIpc) is 3.22. The van der Waals surface area contributed by atoms with Gasteiger partial charge in [-0.1, -0.05) is 42.5 Å². The number of amides is 1. The van der Waals surface area contributed by atoms with Crippen LogP contribution in [-0.4, -0.2) is 32.6 Å². The second-order valence-electron chi connectivity index (χ2n) is 7.05. The summed E-state index contributed by atoms with van der Waals surface area (Å²) in [6, 6.07) is 18.8. The van der Waals surface area contributed by atoms with Crippen molar-refractivity contribution in [3.05, 3.63) is 76.7 Å². The van der Waals surface area contributed by atoms with Crippen molar-refractivity contribution in [2.45, 2.75) is 6.92 Å². The minimum atomic E-state index is -0.587. The number of thiophene rings is 1. The lowest BCUT2D eigenvalue weighted by Gasteiger charge is -2.12. The van der Waals surface area contributed by atoms with Gasteiger partial charge in [0, 0.05) is 30.7 Å². The highest BCUT2D eigenvalue weighted by atomic mass is 32.1. The van der Waals surface area contributed by atoms with Gasteiger partial charge in [-0.05, 0) is 36.3 Å². The number of benzene rings is 2. The average molecular weight is 446 g/mol. The number of rotatable bonds is 7. The number of nitriles is 1. The lowest BCUT2D eigenvalue weighted by Crippen LogP contribution is -2.16. The molecule has 0 saturated heterocycles. The highest BCUT2D eigenvalue weighted by molar-refractivity contribution is 7.15. The topological polar surface area (TPSA) is 82.4 Å². The number of carbonyl (C=O) groups excluding carboxylic acids is 2. The molecule has 1 N–H and O–H groups in total. The van der Waals surface area contributed by atoms with Gasteiger partial charge >= 0.3 is 5.97 Å². The molecule has 0 aliphatic rings. The summed E-state index contributed by atoms with van der Waals surface area (Å²) < 4.78 is 5.22. The fraction of sp³-hybridized carbons (Fsp3) is 0.160. The van der Waals surface area contributed by atoms with Crippen LogP contribution < -0.4 is 10.2 Å². The van der Waals surface area contributed by atoms with E-state index in [9.17, 15) is 14.9 Å². The van der Waals surface area contributed by atoms with Crippen LogP contribution in [0.15, 0.2) is 65.6 Å². The highest BCUT2D eigenvalue weighted by Gasteiger charge is 2.23. The van der Waals surface area contributed by atoms with Crippen LogP contribution >= 0.6 is 11.3 Å². The molecule has 0 saturated carbocycles. The molecule has 2 aromatic carbocycles. The summed E-state index contributed by atoms with van der Waals surface area (Å²) >= 11 is 1.22. The molecule has 1 heterocycles. The maximum atomic E-state index is 12.8. The fourth-order valence-corrected chi connectivity index (χ4v) is 3.99. The number of ether oxygens (including phenoxy) is 1. The minimum Gasteiger partial charge on any atom is -0.462 e. The first-order valence-electron chi connectivity index (χ1n) is 9.99. The molecule has 0 spiro atoms. The Bertz CT molecular complexity index is 1170. The second kappa shape index (κ2) is 10.4. The molecule has 0 bridgehead atoms. The van der Waals surface area contributed by atoms with E-state index in [0.717, 1.165) is 16.8 Å². The number of hydrogen-bond acceptors (Lipinski definition) is 6. The number of anilines is 2. The highest BCUT2D eigenvalue weighted by Crippen LogP contribution is 2.36. The zero-order valence-electron chi connectivity index (χ0n) is 18.1. The molecule has 0 radical (unpaired) electrons. The SMILES string of the molecule is CCOC(=O)c1c(-c2ccccc2)csc1NC(=O)C(C#N)=Cc1ccc(N(C)C)cc1. The van der Waals surface area contributed by atoms with Gasteiger partial charge in [-0.25, -0.2) is 4.79 Å². The van der Waals surface area contributed by atoms with Crippen molar-refractivity contribution in [2.24, 2.45) is 0 Å². The Hall–Kier alpha value is -3.89. The normalized spacial score (nSPS) is 10.9. The molecule has 0 aliphatic heterocycles. The first-order chi connectivity index (χ1) is 15.4. The monoisotopic (exact) mass is 445 g/mol. The molecular formula is C25H23N3O3S. The van der Waals surface area contributed by atoms with Crippen molar-refractivity contribution in [3.63, 3.8) is 0 Å². The van der Waals surface area contributed by atoms with E-state index in [-0.39, 0.29) is 17.7 Å². The molecule has 3 aromatic rings. The Morgan fingerprint density at radius 1 is 1.12 bits per heavy atom. The van der Waals surface area contributed by atoms with Crippen LogP contribution in [0.25, 0.3) is 17.2 Å². The smallest absolute Gasteiger partial charge is 0.341 e. The minimum absolute atomic E-state index is 0.0629. The summed E-state index contributed by atoms with van der Waals surface area (Å²) in [5.74, 6) is -1.11. The van der Waals surface area contributed by atoms with Crippen LogP contribution in [0.2, 0.25) is 0 Å². The molecular weight excluding hydrogens is 422 g/mol. The van der Waals surface area contributed by atoms with Crippen LogP contribution in [0, 0.1) is 11.3 Å². The van der Waals surface area contributed by atoms with E-state index in [0.29, 0.717) is 10.6 Å².